The molecule has 0 radical (unpaired) electrons. The predicted octanol–water partition coefficient (Wildman–Crippen LogP) is 3.51. The molecule has 132 valence electrons. The van der Waals surface area contributed by atoms with Gasteiger partial charge in [-0.1, -0.05) is 18.2 Å². The van der Waals surface area contributed by atoms with Crippen LogP contribution in [0.3, 0.4) is 0 Å². The van der Waals surface area contributed by atoms with E-state index in [1.807, 2.05) is 48.2 Å². The van der Waals surface area contributed by atoms with Crippen molar-refractivity contribution in [1.29, 1.82) is 0 Å². The number of ether oxygens (including phenoxy) is 2. The lowest BCUT2D eigenvalue weighted by atomic mass is 10.1. The third-order valence-electron chi connectivity index (χ3n) is 4.56. The molecule has 25 heavy (non-hydrogen) atoms. The van der Waals surface area contributed by atoms with E-state index >= 15 is 0 Å². The van der Waals surface area contributed by atoms with E-state index in [-0.39, 0.29) is 18.6 Å². The third-order valence-corrected chi connectivity index (χ3v) is 4.56. The molecule has 0 N–H and O–H groups in total. The van der Waals surface area contributed by atoms with E-state index in [9.17, 15) is 4.79 Å². The van der Waals surface area contributed by atoms with Crippen LogP contribution in [0.4, 0.5) is 0 Å². The smallest absolute Gasteiger partial charge is 0.261 e. The Bertz CT molecular complexity index is 779. The number of rotatable bonds is 5. The first-order valence-corrected chi connectivity index (χ1v) is 8.52. The van der Waals surface area contributed by atoms with Gasteiger partial charge in [0.15, 0.2) is 18.1 Å². The number of carbonyl (C=O) groups is 1. The molecule has 0 saturated heterocycles. The number of nitrogens with zero attached hydrogens (tertiary/aromatic N) is 2. The molecule has 2 heterocycles. The summed E-state index contributed by atoms with van der Waals surface area (Å²) in [6.07, 6.45) is 6.01. The van der Waals surface area contributed by atoms with Gasteiger partial charge in [-0.25, -0.2) is 0 Å². The fourth-order valence-corrected chi connectivity index (χ4v) is 3.24. The largest absolute Gasteiger partial charge is 0.493 e. The molecular formula is C20H24N2O3. The lowest BCUT2D eigenvalue weighted by Gasteiger charge is -2.34. The van der Waals surface area contributed by atoms with Crippen LogP contribution in [-0.2, 0) is 11.3 Å². The van der Waals surface area contributed by atoms with Crippen molar-refractivity contribution in [2.45, 2.75) is 26.4 Å². The Labute approximate surface area is 148 Å². The third kappa shape index (κ3) is 3.55. The van der Waals surface area contributed by atoms with E-state index in [1.54, 1.807) is 7.11 Å². The van der Waals surface area contributed by atoms with Crippen molar-refractivity contribution < 1.29 is 14.3 Å². The fraction of sp³-hybridized carbons (Fsp3) is 0.350. The monoisotopic (exact) mass is 340 g/mol. The Hall–Kier alpha value is -2.69. The molecule has 1 atom stereocenters. The van der Waals surface area contributed by atoms with E-state index in [0.29, 0.717) is 18.0 Å². The van der Waals surface area contributed by atoms with Crippen LogP contribution in [-0.4, -0.2) is 35.6 Å². The minimum Gasteiger partial charge on any atom is -0.493 e. The average Bonchev–Trinajstić information content (AvgIpc) is 3.10. The molecule has 1 aliphatic heterocycles. The Morgan fingerprint density at radius 1 is 1.28 bits per heavy atom. The number of benzene rings is 1. The van der Waals surface area contributed by atoms with Crippen LogP contribution < -0.4 is 9.47 Å². The van der Waals surface area contributed by atoms with Gasteiger partial charge in [0.05, 0.1) is 13.2 Å². The molecule has 2 aromatic rings. The molecule has 1 aromatic carbocycles. The number of fused-ring (bicyclic) bond motifs is 1. The van der Waals surface area contributed by atoms with E-state index in [1.165, 1.54) is 0 Å². The van der Waals surface area contributed by atoms with Crippen LogP contribution >= 0.6 is 0 Å². The van der Waals surface area contributed by atoms with Crippen LogP contribution in [0.5, 0.6) is 11.5 Å². The Morgan fingerprint density at radius 2 is 2.12 bits per heavy atom. The van der Waals surface area contributed by atoms with Gasteiger partial charge >= 0.3 is 0 Å². The first-order valence-electron chi connectivity index (χ1n) is 8.52. The second-order valence-electron chi connectivity index (χ2n) is 6.09. The molecule has 1 aliphatic rings. The zero-order chi connectivity index (χ0) is 17.8. The van der Waals surface area contributed by atoms with Crippen molar-refractivity contribution in [2.75, 3.05) is 20.3 Å². The standard InChI is InChI=1S/C20H24N2O3/c1-4-6-16-8-9-18(19(13-16)24-3)25-14-20(23)22-12-11-21-10-5-7-17(21)15(22)2/h4-10,13,15H,11-12,14H2,1-3H3/b6-4-/t15-/m1/s1. The summed E-state index contributed by atoms with van der Waals surface area (Å²) in [5.74, 6) is 1.20. The van der Waals surface area contributed by atoms with Crippen molar-refractivity contribution in [3.63, 3.8) is 0 Å². The number of aromatic nitrogens is 1. The molecule has 0 unspecified atom stereocenters. The molecule has 0 aliphatic carbocycles. The molecule has 5 nitrogen and oxygen atoms in total. The lowest BCUT2D eigenvalue weighted by molar-refractivity contribution is -0.136. The minimum atomic E-state index is -0.0143. The van der Waals surface area contributed by atoms with Crippen LogP contribution in [0.25, 0.3) is 6.08 Å². The van der Waals surface area contributed by atoms with Crippen LogP contribution in [0, 0.1) is 0 Å². The van der Waals surface area contributed by atoms with Crippen molar-refractivity contribution >= 4 is 12.0 Å². The van der Waals surface area contributed by atoms with E-state index < -0.39 is 0 Å². The first kappa shape index (κ1) is 17.1. The number of hydrogen-bond acceptors (Lipinski definition) is 3. The second kappa shape index (κ2) is 7.47. The topological polar surface area (TPSA) is 43.7 Å². The Morgan fingerprint density at radius 3 is 2.88 bits per heavy atom. The van der Waals surface area contributed by atoms with Gasteiger partial charge in [-0.05, 0) is 43.7 Å². The summed E-state index contributed by atoms with van der Waals surface area (Å²) < 4.78 is 13.3. The SMILES string of the molecule is C/C=C\c1ccc(OCC(=O)N2CCn3cccc3[C@H]2C)c(OC)c1. The lowest BCUT2D eigenvalue weighted by Crippen LogP contribution is -2.42. The van der Waals surface area contributed by atoms with Crippen LogP contribution in [0.2, 0.25) is 0 Å². The summed E-state index contributed by atoms with van der Waals surface area (Å²) in [4.78, 5) is 14.5. The second-order valence-corrected chi connectivity index (χ2v) is 6.09. The molecule has 0 fully saturated rings. The fourth-order valence-electron chi connectivity index (χ4n) is 3.24. The number of carbonyl (C=O) groups excluding carboxylic acids is 1. The first-order chi connectivity index (χ1) is 12.1. The van der Waals surface area contributed by atoms with E-state index in [2.05, 4.69) is 23.8 Å². The van der Waals surface area contributed by atoms with Gasteiger partial charge in [-0.2, -0.15) is 0 Å². The summed E-state index contributed by atoms with van der Waals surface area (Å²) in [6, 6.07) is 9.82. The van der Waals surface area contributed by atoms with Gasteiger partial charge in [-0.15, -0.1) is 0 Å². The molecule has 0 bridgehead atoms. The number of methoxy groups -OCH3 is 1. The number of amides is 1. The maximum absolute atomic E-state index is 12.6. The zero-order valence-electron chi connectivity index (χ0n) is 14.9. The average molecular weight is 340 g/mol. The van der Waals surface area contributed by atoms with Crippen LogP contribution in [0.15, 0.2) is 42.6 Å². The Kier molecular flexibility index (Phi) is 5.12. The van der Waals surface area contributed by atoms with Gasteiger partial charge in [0.25, 0.3) is 5.91 Å². The molecule has 5 heteroatoms. The molecule has 0 spiro atoms. The van der Waals surface area contributed by atoms with Crippen molar-refractivity contribution in [3.8, 4) is 11.5 Å². The van der Waals surface area contributed by atoms with Crippen molar-refractivity contribution in [1.82, 2.24) is 9.47 Å². The highest BCUT2D eigenvalue weighted by Crippen LogP contribution is 2.29. The van der Waals surface area contributed by atoms with Gasteiger partial charge in [0.1, 0.15) is 0 Å². The van der Waals surface area contributed by atoms with Gasteiger partial charge in [-0.3, -0.25) is 4.79 Å². The quantitative estimate of drug-likeness (QED) is 0.836. The van der Waals surface area contributed by atoms with Crippen molar-refractivity contribution in [3.05, 3.63) is 53.9 Å². The normalized spacial score (nSPS) is 16.8. The molecule has 1 aromatic heterocycles. The maximum Gasteiger partial charge on any atom is 0.261 e. The molecule has 3 rings (SSSR count). The van der Waals surface area contributed by atoms with Gasteiger partial charge in [0.2, 0.25) is 0 Å². The maximum atomic E-state index is 12.6. The summed E-state index contributed by atoms with van der Waals surface area (Å²) in [6.45, 7) is 5.54. The zero-order valence-corrected chi connectivity index (χ0v) is 14.9. The van der Waals surface area contributed by atoms with Crippen LogP contribution in [0.1, 0.15) is 31.1 Å². The summed E-state index contributed by atoms with van der Waals surface area (Å²) >= 11 is 0. The molecule has 0 saturated carbocycles. The van der Waals surface area contributed by atoms with Crippen molar-refractivity contribution in [2.24, 2.45) is 0 Å². The van der Waals surface area contributed by atoms with Gasteiger partial charge < -0.3 is 18.9 Å². The summed E-state index contributed by atoms with van der Waals surface area (Å²) in [7, 11) is 1.60. The summed E-state index contributed by atoms with van der Waals surface area (Å²) in [5, 5.41) is 0. The predicted molar refractivity (Wildman–Crippen MR) is 97.8 cm³/mol. The highest BCUT2D eigenvalue weighted by Gasteiger charge is 2.27. The molecular weight excluding hydrogens is 316 g/mol. The van der Waals surface area contributed by atoms with E-state index in [0.717, 1.165) is 17.8 Å². The van der Waals surface area contributed by atoms with E-state index in [4.69, 9.17) is 9.47 Å². The number of hydrogen-bond donors (Lipinski definition) is 0. The highest BCUT2D eigenvalue weighted by molar-refractivity contribution is 5.78. The van der Waals surface area contributed by atoms with Gasteiger partial charge in [0, 0.05) is 25.0 Å². The number of allylic oxidation sites excluding steroid dienone is 1. The molecule has 1 amide bonds. The minimum absolute atomic E-state index is 0.00434. The highest BCUT2D eigenvalue weighted by atomic mass is 16.5. The Balaban J connectivity index is 1.67. The summed E-state index contributed by atoms with van der Waals surface area (Å²) in [5.41, 5.74) is 2.19.